The fraction of sp³-hybridized carbons (Fsp3) is 0.304. The van der Waals surface area contributed by atoms with Crippen molar-refractivity contribution in [2.75, 3.05) is 13.1 Å². The van der Waals surface area contributed by atoms with Crippen LogP contribution in [0.1, 0.15) is 41.7 Å². The largest absolute Gasteiger partial charge is 0.360 e. The first-order chi connectivity index (χ1) is 13.6. The number of H-pyrrole nitrogens is 1. The van der Waals surface area contributed by atoms with E-state index in [1.165, 1.54) is 0 Å². The van der Waals surface area contributed by atoms with E-state index < -0.39 is 6.04 Å². The van der Waals surface area contributed by atoms with E-state index >= 15 is 0 Å². The van der Waals surface area contributed by atoms with E-state index in [1.807, 2.05) is 65.7 Å². The van der Waals surface area contributed by atoms with Crippen molar-refractivity contribution >= 4 is 22.6 Å². The number of carbonyl (C=O) groups is 2. The maximum Gasteiger partial charge on any atom is 0.219 e. The number of nitrogens with zero attached hydrogens (tertiary/aromatic N) is 1. The van der Waals surface area contributed by atoms with Crippen molar-refractivity contribution in [3.63, 3.8) is 0 Å². The highest BCUT2D eigenvalue weighted by Crippen LogP contribution is 2.26. The number of Topliss-reactive ketones (excluding diaryl/α,β-unsaturated/α-hetero) is 1. The number of aromatic nitrogens is 1. The number of benzene rings is 2. The number of aromatic amines is 1. The first-order valence-corrected chi connectivity index (χ1v) is 9.80. The van der Waals surface area contributed by atoms with Crippen molar-refractivity contribution in [2.24, 2.45) is 0 Å². The normalized spacial score (nSPS) is 16.2. The van der Waals surface area contributed by atoms with E-state index in [1.54, 1.807) is 6.92 Å². The van der Waals surface area contributed by atoms with Crippen LogP contribution >= 0.6 is 0 Å². The van der Waals surface area contributed by atoms with Crippen LogP contribution in [0.15, 0.2) is 60.8 Å². The quantitative estimate of drug-likeness (QED) is 0.669. The lowest BCUT2D eigenvalue weighted by Crippen LogP contribution is -2.46. The Morgan fingerprint density at radius 2 is 1.71 bits per heavy atom. The van der Waals surface area contributed by atoms with Gasteiger partial charge in [0, 0.05) is 48.7 Å². The molecule has 1 atom stereocenters. The molecule has 144 valence electrons. The Morgan fingerprint density at radius 3 is 2.43 bits per heavy atom. The van der Waals surface area contributed by atoms with Crippen molar-refractivity contribution in [1.29, 1.82) is 0 Å². The van der Waals surface area contributed by atoms with E-state index in [0.29, 0.717) is 5.56 Å². The van der Waals surface area contributed by atoms with Gasteiger partial charge in [-0.15, -0.1) is 0 Å². The second kappa shape index (κ2) is 7.98. The molecule has 1 aromatic heterocycles. The topological polar surface area (TPSA) is 65.2 Å². The number of nitrogens with one attached hydrogen (secondary N) is 2. The number of para-hydroxylation sites is 1. The molecule has 1 amide bonds. The van der Waals surface area contributed by atoms with Gasteiger partial charge in [-0.25, -0.2) is 0 Å². The fourth-order valence-electron chi connectivity index (χ4n) is 4.00. The van der Waals surface area contributed by atoms with Gasteiger partial charge < -0.3 is 15.2 Å². The van der Waals surface area contributed by atoms with Gasteiger partial charge in [0.15, 0.2) is 5.78 Å². The average molecular weight is 375 g/mol. The zero-order valence-electron chi connectivity index (χ0n) is 16.0. The number of amides is 1. The number of piperidine rings is 1. The number of ketones is 1. The Kier molecular flexibility index (Phi) is 5.26. The predicted molar refractivity (Wildman–Crippen MR) is 110 cm³/mol. The Labute approximate surface area is 164 Å². The SMILES string of the molecule is CC(=O)N1CCC(N[C@@H](C(=O)c2c[nH]c3ccccc23)c2ccccc2)CC1. The molecule has 28 heavy (non-hydrogen) atoms. The highest BCUT2D eigenvalue weighted by molar-refractivity contribution is 6.10. The van der Waals surface area contributed by atoms with Gasteiger partial charge >= 0.3 is 0 Å². The van der Waals surface area contributed by atoms with Crippen molar-refractivity contribution in [3.05, 3.63) is 71.9 Å². The zero-order valence-corrected chi connectivity index (χ0v) is 16.0. The molecule has 1 aliphatic rings. The lowest BCUT2D eigenvalue weighted by atomic mass is 9.94. The molecule has 0 saturated carbocycles. The van der Waals surface area contributed by atoms with Gasteiger partial charge in [0.2, 0.25) is 5.91 Å². The standard InChI is InChI=1S/C23H25N3O2/c1-16(27)26-13-11-18(12-14-26)25-22(17-7-3-2-4-8-17)23(28)20-15-24-21-10-6-5-9-19(20)21/h2-10,15,18,22,24-25H,11-14H2,1H3/t22-/m1/s1. The summed E-state index contributed by atoms with van der Waals surface area (Å²) in [7, 11) is 0. The maximum atomic E-state index is 13.5. The Morgan fingerprint density at radius 1 is 1.04 bits per heavy atom. The summed E-state index contributed by atoms with van der Waals surface area (Å²) in [6.07, 6.45) is 3.51. The van der Waals surface area contributed by atoms with Crippen LogP contribution < -0.4 is 5.32 Å². The second-order valence-electron chi connectivity index (χ2n) is 7.40. The molecule has 5 heteroatoms. The van der Waals surface area contributed by atoms with E-state index in [-0.39, 0.29) is 17.7 Å². The minimum absolute atomic E-state index is 0.0673. The van der Waals surface area contributed by atoms with E-state index in [2.05, 4.69) is 10.3 Å². The van der Waals surface area contributed by atoms with Crippen LogP contribution in [-0.2, 0) is 4.79 Å². The Bertz CT molecular complexity index is 972. The molecule has 0 bridgehead atoms. The third-order valence-corrected chi connectivity index (χ3v) is 5.59. The summed E-state index contributed by atoms with van der Waals surface area (Å²) in [6, 6.07) is 17.5. The molecular weight excluding hydrogens is 350 g/mol. The Hall–Kier alpha value is -2.92. The smallest absolute Gasteiger partial charge is 0.219 e. The van der Waals surface area contributed by atoms with Gasteiger partial charge in [-0.2, -0.15) is 0 Å². The van der Waals surface area contributed by atoms with Gasteiger partial charge in [-0.3, -0.25) is 9.59 Å². The summed E-state index contributed by atoms with van der Waals surface area (Å²) in [4.78, 5) is 30.2. The van der Waals surface area contributed by atoms with Crippen molar-refractivity contribution in [1.82, 2.24) is 15.2 Å². The average Bonchev–Trinajstić information content (AvgIpc) is 3.17. The van der Waals surface area contributed by atoms with Crippen LogP contribution in [0.2, 0.25) is 0 Å². The fourth-order valence-corrected chi connectivity index (χ4v) is 4.00. The van der Waals surface area contributed by atoms with Crippen molar-refractivity contribution in [2.45, 2.75) is 31.8 Å². The minimum Gasteiger partial charge on any atom is -0.360 e. The highest BCUT2D eigenvalue weighted by atomic mass is 16.2. The van der Waals surface area contributed by atoms with Gasteiger partial charge in [-0.1, -0.05) is 48.5 Å². The summed E-state index contributed by atoms with van der Waals surface area (Å²) in [5.41, 5.74) is 2.64. The molecular formula is C23H25N3O2. The van der Waals surface area contributed by atoms with Crippen LogP contribution in [0.3, 0.4) is 0 Å². The molecule has 1 fully saturated rings. The van der Waals surface area contributed by atoms with Crippen LogP contribution in [0.5, 0.6) is 0 Å². The maximum absolute atomic E-state index is 13.5. The molecule has 0 unspecified atom stereocenters. The number of fused-ring (bicyclic) bond motifs is 1. The number of hydrogen-bond acceptors (Lipinski definition) is 3. The lowest BCUT2D eigenvalue weighted by molar-refractivity contribution is -0.129. The Balaban J connectivity index is 1.60. The molecule has 3 aromatic rings. The third-order valence-electron chi connectivity index (χ3n) is 5.59. The number of carbonyl (C=O) groups excluding carboxylic acids is 2. The highest BCUT2D eigenvalue weighted by Gasteiger charge is 2.29. The second-order valence-corrected chi connectivity index (χ2v) is 7.40. The third kappa shape index (κ3) is 3.71. The van der Waals surface area contributed by atoms with Crippen LogP contribution in [-0.4, -0.2) is 40.7 Å². The minimum atomic E-state index is -0.408. The number of rotatable bonds is 5. The molecule has 2 N–H and O–H groups in total. The summed E-state index contributed by atoms with van der Waals surface area (Å²) in [5.74, 6) is 0.186. The van der Waals surface area contributed by atoms with Gasteiger partial charge in [0.05, 0.1) is 6.04 Å². The molecule has 0 spiro atoms. The summed E-state index contributed by atoms with van der Waals surface area (Å²) < 4.78 is 0. The van der Waals surface area contributed by atoms with E-state index in [4.69, 9.17) is 0 Å². The van der Waals surface area contributed by atoms with Crippen molar-refractivity contribution in [3.8, 4) is 0 Å². The van der Waals surface area contributed by atoms with Crippen LogP contribution in [0.4, 0.5) is 0 Å². The van der Waals surface area contributed by atoms with Gasteiger partial charge in [-0.05, 0) is 24.5 Å². The summed E-state index contributed by atoms with van der Waals surface area (Å²) in [6.45, 7) is 3.08. The molecule has 0 radical (unpaired) electrons. The number of likely N-dealkylation sites (tertiary alicyclic amines) is 1. The van der Waals surface area contributed by atoms with Gasteiger partial charge in [0.1, 0.15) is 0 Å². The molecule has 4 rings (SSSR count). The lowest BCUT2D eigenvalue weighted by Gasteiger charge is -2.34. The van der Waals surface area contributed by atoms with Crippen LogP contribution in [0.25, 0.3) is 10.9 Å². The monoisotopic (exact) mass is 375 g/mol. The first kappa shape index (κ1) is 18.4. The molecule has 2 heterocycles. The summed E-state index contributed by atoms with van der Waals surface area (Å²) >= 11 is 0. The van der Waals surface area contributed by atoms with E-state index in [9.17, 15) is 9.59 Å². The van der Waals surface area contributed by atoms with E-state index in [0.717, 1.165) is 42.4 Å². The zero-order chi connectivity index (χ0) is 19.5. The van der Waals surface area contributed by atoms with Gasteiger partial charge in [0.25, 0.3) is 0 Å². The molecule has 1 saturated heterocycles. The molecule has 2 aromatic carbocycles. The van der Waals surface area contributed by atoms with Crippen LogP contribution in [0, 0.1) is 0 Å². The molecule has 5 nitrogen and oxygen atoms in total. The predicted octanol–water partition coefficient (Wildman–Crippen LogP) is 3.69. The summed E-state index contributed by atoms with van der Waals surface area (Å²) in [5, 5.41) is 4.53. The van der Waals surface area contributed by atoms with Crippen molar-refractivity contribution < 1.29 is 9.59 Å². The molecule has 0 aliphatic carbocycles. The molecule has 1 aliphatic heterocycles. The first-order valence-electron chi connectivity index (χ1n) is 9.80. The number of hydrogen-bond donors (Lipinski definition) is 2.